The van der Waals surface area contributed by atoms with E-state index in [4.69, 9.17) is 16.3 Å². The van der Waals surface area contributed by atoms with E-state index in [0.29, 0.717) is 28.0 Å². The van der Waals surface area contributed by atoms with Crippen molar-refractivity contribution in [3.63, 3.8) is 0 Å². The number of aromatic nitrogens is 2. The standard InChI is InChI=1S/C20H19ClN4O2/c1-12-4-7-18(27-3)17(8-12)24-19(26)14-10-22-20(23-11-14)25-16-9-15(21)6-5-13(16)2/h4-11H,1-3H3,(H,24,26)(H,22,23,25). The SMILES string of the molecule is COc1ccc(C)cc1NC(=O)c1cnc(Nc2cc(Cl)ccc2C)nc1. The topological polar surface area (TPSA) is 76.1 Å². The molecule has 0 aliphatic carbocycles. The Kier molecular flexibility index (Phi) is 5.57. The van der Waals surface area contributed by atoms with Crippen LogP contribution < -0.4 is 15.4 Å². The van der Waals surface area contributed by atoms with E-state index in [0.717, 1.165) is 16.8 Å². The lowest BCUT2D eigenvalue weighted by Gasteiger charge is -2.11. The molecule has 0 radical (unpaired) electrons. The average molecular weight is 383 g/mol. The van der Waals surface area contributed by atoms with Gasteiger partial charge in [0.05, 0.1) is 18.4 Å². The van der Waals surface area contributed by atoms with Gasteiger partial charge in [0.15, 0.2) is 0 Å². The van der Waals surface area contributed by atoms with E-state index in [1.54, 1.807) is 13.2 Å². The molecule has 0 unspecified atom stereocenters. The minimum absolute atomic E-state index is 0.315. The van der Waals surface area contributed by atoms with Crippen molar-refractivity contribution < 1.29 is 9.53 Å². The van der Waals surface area contributed by atoms with E-state index in [1.807, 2.05) is 44.2 Å². The first kappa shape index (κ1) is 18.7. The van der Waals surface area contributed by atoms with E-state index in [-0.39, 0.29) is 5.91 Å². The second-order valence-electron chi connectivity index (χ2n) is 6.04. The highest BCUT2D eigenvalue weighted by atomic mass is 35.5. The van der Waals surface area contributed by atoms with Crippen molar-refractivity contribution in [2.75, 3.05) is 17.7 Å². The van der Waals surface area contributed by atoms with Gasteiger partial charge in [-0.25, -0.2) is 9.97 Å². The van der Waals surface area contributed by atoms with Gasteiger partial charge >= 0.3 is 0 Å². The van der Waals surface area contributed by atoms with E-state index in [2.05, 4.69) is 20.6 Å². The molecule has 2 aromatic carbocycles. The summed E-state index contributed by atoms with van der Waals surface area (Å²) >= 11 is 6.02. The summed E-state index contributed by atoms with van der Waals surface area (Å²) in [5.41, 5.74) is 3.77. The number of anilines is 3. The van der Waals surface area contributed by atoms with E-state index in [9.17, 15) is 4.79 Å². The van der Waals surface area contributed by atoms with Crippen LogP contribution in [0.5, 0.6) is 5.75 Å². The zero-order valence-electron chi connectivity index (χ0n) is 15.2. The molecule has 0 saturated heterocycles. The first-order chi connectivity index (χ1) is 13.0. The van der Waals surface area contributed by atoms with Crippen molar-refractivity contribution >= 4 is 34.8 Å². The van der Waals surface area contributed by atoms with E-state index >= 15 is 0 Å². The Morgan fingerprint density at radius 1 is 1.04 bits per heavy atom. The number of hydrogen-bond donors (Lipinski definition) is 2. The maximum absolute atomic E-state index is 12.5. The monoisotopic (exact) mass is 382 g/mol. The van der Waals surface area contributed by atoms with Crippen molar-refractivity contribution in [3.05, 3.63) is 70.5 Å². The lowest BCUT2D eigenvalue weighted by molar-refractivity contribution is 0.102. The summed E-state index contributed by atoms with van der Waals surface area (Å²) in [5, 5.41) is 6.54. The highest BCUT2D eigenvalue weighted by Crippen LogP contribution is 2.26. The molecule has 0 saturated carbocycles. The van der Waals surface area contributed by atoms with Crippen molar-refractivity contribution in [3.8, 4) is 5.75 Å². The third-order valence-corrected chi connectivity index (χ3v) is 4.20. The van der Waals surface area contributed by atoms with E-state index in [1.165, 1.54) is 12.4 Å². The number of rotatable bonds is 5. The molecule has 7 heteroatoms. The number of nitrogens with zero attached hydrogens (tertiary/aromatic N) is 2. The molecule has 1 amide bonds. The number of aryl methyl sites for hydroxylation is 2. The van der Waals surface area contributed by atoms with Crippen molar-refractivity contribution in [2.24, 2.45) is 0 Å². The summed E-state index contributed by atoms with van der Waals surface area (Å²) in [5.74, 6) is 0.652. The Balaban J connectivity index is 1.74. The van der Waals surface area contributed by atoms with Gasteiger partial charge in [0, 0.05) is 23.1 Å². The Hall–Kier alpha value is -3.12. The van der Waals surface area contributed by atoms with Crippen molar-refractivity contribution in [1.29, 1.82) is 0 Å². The van der Waals surface area contributed by atoms with Gasteiger partial charge in [0.2, 0.25) is 5.95 Å². The van der Waals surface area contributed by atoms with Gasteiger partial charge in [-0.15, -0.1) is 0 Å². The number of hydrogen-bond acceptors (Lipinski definition) is 5. The molecule has 1 heterocycles. The number of carbonyl (C=O) groups is 1. The van der Waals surface area contributed by atoms with Crippen molar-refractivity contribution in [2.45, 2.75) is 13.8 Å². The molecule has 0 spiro atoms. The van der Waals surface area contributed by atoms with Crippen LogP contribution >= 0.6 is 11.6 Å². The number of carbonyl (C=O) groups excluding carboxylic acids is 1. The molecule has 0 aliphatic rings. The van der Waals surface area contributed by atoms with E-state index < -0.39 is 0 Å². The van der Waals surface area contributed by atoms with Gasteiger partial charge in [-0.1, -0.05) is 23.7 Å². The predicted molar refractivity (Wildman–Crippen MR) is 107 cm³/mol. The Bertz CT molecular complexity index is 974. The quantitative estimate of drug-likeness (QED) is 0.665. The van der Waals surface area contributed by atoms with Crippen LogP contribution in [-0.4, -0.2) is 23.0 Å². The molecule has 3 rings (SSSR count). The van der Waals surface area contributed by atoms with Crippen molar-refractivity contribution in [1.82, 2.24) is 9.97 Å². The largest absolute Gasteiger partial charge is 0.495 e. The minimum Gasteiger partial charge on any atom is -0.495 e. The molecule has 0 atom stereocenters. The summed E-state index contributed by atoms with van der Waals surface area (Å²) in [6, 6.07) is 11.1. The summed E-state index contributed by atoms with van der Waals surface area (Å²) in [6.45, 7) is 3.90. The second-order valence-corrected chi connectivity index (χ2v) is 6.47. The normalized spacial score (nSPS) is 10.4. The van der Waals surface area contributed by atoms with Gasteiger partial charge in [-0.3, -0.25) is 4.79 Å². The van der Waals surface area contributed by atoms with Crippen LogP contribution in [0.3, 0.4) is 0 Å². The fraction of sp³-hybridized carbons (Fsp3) is 0.150. The summed E-state index contributed by atoms with van der Waals surface area (Å²) in [4.78, 5) is 20.9. The first-order valence-corrected chi connectivity index (χ1v) is 8.65. The molecule has 27 heavy (non-hydrogen) atoms. The molecular formula is C20H19ClN4O2. The van der Waals surface area contributed by atoms with Crippen LogP contribution in [-0.2, 0) is 0 Å². The molecular weight excluding hydrogens is 364 g/mol. The minimum atomic E-state index is -0.315. The van der Waals surface area contributed by atoms with Gasteiger partial charge in [0.25, 0.3) is 5.91 Å². The summed E-state index contributed by atoms with van der Waals surface area (Å²) in [7, 11) is 1.56. The number of halogens is 1. The number of benzene rings is 2. The molecule has 3 aromatic rings. The highest BCUT2D eigenvalue weighted by Gasteiger charge is 2.11. The lowest BCUT2D eigenvalue weighted by Crippen LogP contribution is -2.14. The predicted octanol–water partition coefficient (Wildman–Crippen LogP) is 4.75. The zero-order valence-corrected chi connectivity index (χ0v) is 16.0. The van der Waals surface area contributed by atoms with Gasteiger partial charge < -0.3 is 15.4 Å². The first-order valence-electron chi connectivity index (χ1n) is 8.27. The average Bonchev–Trinajstić information content (AvgIpc) is 2.65. The second kappa shape index (κ2) is 8.05. The molecule has 1 aromatic heterocycles. The molecule has 0 bridgehead atoms. The Morgan fingerprint density at radius 2 is 1.78 bits per heavy atom. The maximum Gasteiger partial charge on any atom is 0.258 e. The van der Waals surface area contributed by atoms with Gasteiger partial charge in [-0.05, 0) is 49.2 Å². The number of methoxy groups -OCH3 is 1. The Labute approximate surface area is 162 Å². The zero-order chi connectivity index (χ0) is 19.4. The molecule has 138 valence electrons. The van der Waals surface area contributed by atoms with Gasteiger partial charge in [-0.2, -0.15) is 0 Å². The summed E-state index contributed by atoms with van der Waals surface area (Å²) in [6.07, 6.45) is 2.93. The molecule has 0 fully saturated rings. The van der Waals surface area contributed by atoms with Crippen LogP contribution in [0.2, 0.25) is 5.02 Å². The molecule has 6 nitrogen and oxygen atoms in total. The van der Waals surface area contributed by atoms with Crippen LogP contribution in [0, 0.1) is 13.8 Å². The van der Waals surface area contributed by atoms with Crippen LogP contribution in [0.4, 0.5) is 17.3 Å². The third kappa shape index (κ3) is 4.54. The van der Waals surface area contributed by atoms with Gasteiger partial charge in [0.1, 0.15) is 5.75 Å². The third-order valence-electron chi connectivity index (χ3n) is 3.96. The summed E-state index contributed by atoms with van der Waals surface area (Å²) < 4.78 is 5.28. The van der Waals surface area contributed by atoms with Crippen LogP contribution in [0.25, 0.3) is 0 Å². The van der Waals surface area contributed by atoms with Crippen LogP contribution in [0.1, 0.15) is 21.5 Å². The molecule has 0 aliphatic heterocycles. The number of ether oxygens (including phenoxy) is 1. The smallest absolute Gasteiger partial charge is 0.258 e. The fourth-order valence-corrected chi connectivity index (χ4v) is 2.65. The maximum atomic E-state index is 12.5. The highest BCUT2D eigenvalue weighted by molar-refractivity contribution is 6.30. The Morgan fingerprint density at radius 3 is 2.48 bits per heavy atom. The fourth-order valence-electron chi connectivity index (χ4n) is 2.47. The van der Waals surface area contributed by atoms with Crippen LogP contribution in [0.15, 0.2) is 48.8 Å². The lowest BCUT2D eigenvalue weighted by atomic mass is 10.2. The molecule has 2 N–H and O–H groups in total. The number of nitrogens with one attached hydrogen (secondary N) is 2. The number of amides is 1.